The molecule has 0 aromatic heterocycles. The van der Waals surface area contributed by atoms with Crippen LogP contribution in [0.25, 0.3) is 0 Å². The fraction of sp³-hybridized carbons (Fsp3) is 0.421. The topological polar surface area (TPSA) is 107 Å². The lowest BCUT2D eigenvalue weighted by atomic mass is 10.0. The first-order valence-corrected chi connectivity index (χ1v) is 11.3. The third kappa shape index (κ3) is 7.71. The smallest absolute Gasteiger partial charge is 0.328 e. The van der Waals surface area contributed by atoms with E-state index in [4.69, 9.17) is 5.11 Å². The highest BCUT2D eigenvalue weighted by molar-refractivity contribution is 8.77. The van der Waals surface area contributed by atoms with Crippen molar-refractivity contribution in [2.45, 2.75) is 31.2 Å². The standard InChI is InChI=1S/C19H23FN2O5S2/c1-12(23)21-16(19(26)27)11-28-29-17-6-7-22(10-14(17)8-18(24)25)9-13-4-2-3-5-15(13)20/h2-5,8,16-17H,6-7,9-11H2,1H3,(H,21,23)(H,24,25)(H,26,27). The van der Waals surface area contributed by atoms with Crippen molar-refractivity contribution in [1.29, 1.82) is 0 Å². The van der Waals surface area contributed by atoms with Crippen molar-refractivity contribution in [3.63, 3.8) is 0 Å². The molecule has 1 saturated heterocycles. The van der Waals surface area contributed by atoms with Crippen LogP contribution >= 0.6 is 21.6 Å². The minimum atomic E-state index is -1.12. The Kier molecular flexibility index (Phi) is 8.99. The van der Waals surface area contributed by atoms with Gasteiger partial charge in [-0.25, -0.2) is 14.0 Å². The lowest BCUT2D eigenvalue weighted by molar-refractivity contribution is -0.140. The van der Waals surface area contributed by atoms with Crippen LogP contribution in [0.1, 0.15) is 18.9 Å². The number of amides is 1. The molecule has 0 radical (unpaired) electrons. The lowest BCUT2D eigenvalue weighted by Crippen LogP contribution is -2.41. The summed E-state index contributed by atoms with van der Waals surface area (Å²) in [5, 5.41) is 20.6. The summed E-state index contributed by atoms with van der Waals surface area (Å²) in [5.74, 6) is -2.72. The maximum Gasteiger partial charge on any atom is 0.328 e. The Morgan fingerprint density at radius 2 is 2.07 bits per heavy atom. The van der Waals surface area contributed by atoms with E-state index in [0.717, 1.165) is 0 Å². The Hall–Kier alpha value is -2.04. The SMILES string of the molecule is CC(=O)NC(CSSC1CCN(Cc2ccccc2F)CC1=CC(=O)O)C(=O)O. The number of aliphatic carboxylic acids is 2. The van der Waals surface area contributed by atoms with Gasteiger partial charge in [-0.2, -0.15) is 0 Å². The van der Waals surface area contributed by atoms with Gasteiger partial charge in [0.05, 0.1) is 0 Å². The Bertz CT molecular complexity index is 790. The van der Waals surface area contributed by atoms with Crippen molar-refractivity contribution in [2.24, 2.45) is 0 Å². The molecule has 7 nitrogen and oxygen atoms in total. The highest BCUT2D eigenvalue weighted by Crippen LogP contribution is 2.36. The summed E-state index contributed by atoms with van der Waals surface area (Å²) < 4.78 is 13.9. The second kappa shape index (κ2) is 11.2. The summed E-state index contributed by atoms with van der Waals surface area (Å²) in [6.45, 7) is 2.70. The number of carboxylic acids is 2. The number of benzene rings is 1. The third-order valence-corrected chi connectivity index (χ3v) is 7.17. The molecule has 2 rings (SSSR count). The Labute approximate surface area is 176 Å². The van der Waals surface area contributed by atoms with Gasteiger partial charge in [0.1, 0.15) is 11.9 Å². The number of carboxylic acid groups (broad SMARTS) is 2. The van der Waals surface area contributed by atoms with Crippen LogP contribution in [0.15, 0.2) is 35.9 Å². The quantitative estimate of drug-likeness (QED) is 0.395. The number of carbonyl (C=O) groups excluding carboxylic acids is 1. The largest absolute Gasteiger partial charge is 0.480 e. The Morgan fingerprint density at radius 1 is 1.34 bits per heavy atom. The number of piperidine rings is 1. The van der Waals surface area contributed by atoms with E-state index in [9.17, 15) is 23.9 Å². The van der Waals surface area contributed by atoms with Crippen LogP contribution in [-0.4, -0.2) is 63.1 Å². The molecule has 0 saturated carbocycles. The summed E-state index contributed by atoms with van der Waals surface area (Å²) in [6, 6.07) is 5.50. The van der Waals surface area contributed by atoms with Crippen molar-refractivity contribution >= 4 is 39.4 Å². The summed E-state index contributed by atoms with van der Waals surface area (Å²) in [6.07, 6.45) is 1.83. The van der Waals surface area contributed by atoms with Crippen LogP contribution in [0.2, 0.25) is 0 Å². The number of rotatable bonds is 9. The van der Waals surface area contributed by atoms with Gasteiger partial charge in [0.2, 0.25) is 5.91 Å². The molecule has 0 bridgehead atoms. The summed E-state index contributed by atoms with van der Waals surface area (Å²) in [7, 11) is 2.69. The first-order chi connectivity index (χ1) is 13.8. The lowest BCUT2D eigenvalue weighted by Gasteiger charge is -2.33. The zero-order valence-electron chi connectivity index (χ0n) is 15.8. The molecule has 1 aliphatic rings. The normalized spacial score (nSPS) is 19.7. The maximum absolute atomic E-state index is 13.9. The minimum absolute atomic E-state index is 0.0975. The van der Waals surface area contributed by atoms with Gasteiger partial charge in [0.25, 0.3) is 0 Å². The molecule has 1 aliphatic heterocycles. The van der Waals surface area contributed by atoms with Crippen molar-refractivity contribution in [3.8, 4) is 0 Å². The zero-order chi connectivity index (χ0) is 21.4. The first-order valence-electron chi connectivity index (χ1n) is 8.93. The highest BCUT2D eigenvalue weighted by atomic mass is 33.1. The van der Waals surface area contributed by atoms with Crippen LogP contribution in [0.4, 0.5) is 4.39 Å². The van der Waals surface area contributed by atoms with Gasteiger partial charge >= 0.3 is 11.9 Å². The molecule has 1 amide bonds. The number of carbonyl (C=O) groups is 3. The molecule has 1 fully saturated rings. The van der Waals surface area contributed by atoms with E-state index in [1.54, 1.807) is 18.2 Å². The fourth-order valence-corrected chi connectivity index (χ4v) is 5.81. The fourth-order valence-electron chi connectivity index (χ4n) is 2.94. The van der Waals surface area contributed by atoms with E-state index in [1.807, 2.05) is 4.90 Å². The van der Waals surface area contributed by atoms with Crippen molar-refractivity contribution in [3.05, 3.63) is 47.3 Å². The van der Waals surface area contributed by atoms with Crippen molar-refractivity contribution in [2.75, 3.05) is 18.8 Å². The van der Waals surface area contributed by atoms with E-state index in [2.05, 4.69) is 5.32 Å². The van der Waals surface area contributed by atoms with Gasteiger partial charge in [-0.3, -0.25) is 9.69 Å². The van der Waals surface area contributed by atoms with Crippen LogP contribution in [0.5, 0.6) is 0 Å². The van der Waals surface area contributed by atoms with Gasteiger partial charge in [-0.15, -0.1) is 0 Å². The van der Waals surface area contributed by atoms with E-state index in [1.165, 1.54) is 40.7 Å². The number of halogens is 1. The van der Waals surface area contributed by atoms with Gasteiger partial charge in [0.15, 0.2) is 0 Å². The van der Waals surface area contributed by atoms with Gasteiger partial charge in [-0.05, 0) is 18.1 Å². The van der Waals surface area contributed by atoms with E-state index in [-0.39, 0.29) is 16.8 Å². The molecule has 1 aromatic rings. The first kappa shape index (κ1) is 23.2. The van der Waals surface area contributed by atoms with Crippen LogP contribution in [0.3, 0.4) is 0 Å². The summed E-state index contributed by atoms with van der Waals surface area (Å²) in [4.78, 5) is 35.5. The van der Waals surface area contributed by atoms with E-state index < -0.39 is 23.9 Å². The molecule has 29 heavy (non-hydrogen) atoms. The molecule has 1 heterocycles. The number of nitrogens with one attached hydrogen (secondary N) is 1. The molecule has 3 N–H and O–H groups in total. The van der Waals surface area contributed by atoms with E-state index in [0.29, 0.717) is 37.2 Å². The van der Waals surface area contributed by atoms with Gasteiger partial charge < -0.3 is 15.5 Å². The predicted octanol–water partition coefficient (Wildman–Crippen LogP) is 2.38. The summed E-state index contributed by atoms with van der Waals surface area (Å²) in [5.41, 5.74) is 1.26. The second-order valence-corrected chi connectivity index (χ2v) is 9.22. The molecule has 0 spiro atoms. The zero-order valence-corrected chi connectivity index (χ0v) is 17.5. The van der Waals surface area contributed by atoms with Gasteiger partial charge in [-0.1, -0.05) is 39.8 Å². The van der Waals surface area contributed by atoms with Crippen molar-refractivity contribution < 1.29 is 29.0 Å². The average Bonchev–Trinajstić information content (AvgIpc) is 2.63. The number of likely N-dealkylation sites (tertiary alicyclic amines) is 1. The Balaban J connectivity index is 1.97. The minimum Gasteiger partial charge on any atom is -0.480 e. The molecular weight excluding hydrogens is 419 g/mol. The molecule has 10 heteroatoms. The monoisotopic (exact) mass is 442 g/mol. The predicted molar refractivity (Wildman–Crippen MR) is 111 cm³/mol. The van der Waals surface area contributed by atoms with Gasteiger partial charge in [0, 0.05) is 49.2 Å². The second-order valence-electron chi connectivity index (χ2n) is 6.61. The Morgan fingerprint density at radius 3 is 2.69 bits per heavy atom. The highest BCUT2D eigenvalue weighted by Gasteiger charge is 2.27. The average molecular weight is 443 g/mol. The van der Waals surface area contributed by atoms with E-state index >= 15 is 0 Å². The number of hydrogen-bond acceptors (Lipinski definition) is 6. The number of nitrogens with zero attached hydrogens (tertiary/aromatic N) is 1. The third-order valence-electron chi connectivity index (χ3n) is 4.28. The molecule has 1 aromatic carbocycles. The van der Waals surface area contributed by atoms with Crippen molar-refractivity contribution in [1.82, 2.24) is 10.2 Å². The molecule has 2 unspecified atom stereocenters. The molecule has 158 valence electrons. The maximum atomic E-state index is 13.9. The number of hydrogen-bond donors (Lipinski definition) is 3. The molecule has 0 aliphatic carbocycles. The van der Waals surface area contributed by atoms with Crippen LogP contribution in [-0.2, 0) is 20.9 Å². The van der Waals surface area contributed by atoms with Crippen LogP contribution in [0, 0.1) is 5.82 Å². The molecular formula is C19H23FN2O5S2. The molecule has 2 atom stereocenters. The van der Waals surface area contributed by atoms with Crippen LogP contribution < -0.4 is 5.32 Å². The summed E-state index contributed by atoms with van der Waals surface area (Å²) >= 11 is 0.